The van der Waals surface area contributed by atoms with E-state index in [1.54, 1.807) is 16.7 Å². The number of benzene rings is 2. The zero-order chi connectivity index (χ0) is 21.5. The summed E-state index contributed by atoms with van der Waals surface area (Å²) in [5, 5.41) is -0.153. The van der Waals surface area contributed by atoms with Gasteiger partial charge in [-0.15, -0.1) is 11.8 Å². The average Bonchev–Trinajstić information content (AvgIpc) is 2.99. The maximum atomic E-state index is 13.4. The standard InChI is InChI=1S/C24H27NO4S/c1-15(2)28-19-21(26)25-20(24(3,4)30-22(19)25)23(27)29-18(16-11-7-5-8-12-16)17-13-9-6-10-14-17/h5-15,18-20,22H,1-4H3/t19-,20+,22-/m1/s1. The molecule has 4 rings (SSSR count). The molecule has 2 aliphatic rings. The van der Waals surface area contributed by atoms with Crippen LogP contribution in [0.1, 0.15) is 44.9 Å². The minimum atomic E-state index is -0.651. The fraction of sp³-hybridized carbons (Fsp3) is 0.417. The van der Waals surface area contributed by atoms with E-state index in [-0.39, 0.29) is 23.4 Å². The van der Waals surface area contributed by atoms with E-state index in [4.69, 9.17) is 9.47 Å². The molecular weight excluding hydrogens is 398 g/mol. The molecule has 0 unspecified atom stereocenters. The Kier molecular flexibility index (Phi) is 5.64. The Bertz CT molecular complexity index is 876. The van der Waals surface area contributed by atoms with Gasteiger partial charge in [0.2, 0.25) is 0 Å². The number of carbonyl (C=O) groups is 2. The van der Waals surface area contributed by atoms with Crippen molar-refractivity contribution in [3.63, 3.8) is 0 Å². The quantitative estimate of drug-likeness (QED) is 0.513. The van der Waals surface area contributed by atoms with Crippen LogP contribution >= 0.6 is 11.8 Å². The number of thioether (sulfide) groups is 1. The monoisotopic (exact) mass is 425 g/mol. The van der Waals surface area contributed by atoms with Crippen LogP contribution in [0.4, 0.5) is 0 Å². The van der Waals surface area contributed by atoms with E-state index in [1.165, 1.54) is 0 Å². The van der Waals surface area contributed by atoms with Gasteiger partial charge in [-0.25, -0.2) is 4.79 Å². The number of amides is 1. The van der Waals surface area contributed by atoms with Crippen molar-refractivity contribution in [3.05, 3.63) is 71.8 Å². The molecule has 0 bridgehead atoms. The van der Waals surface area contributed by atoms with E-state index in [0.29, 0.717) is 0 Å². The van der Waals surface area contributed by atoms with Crippen molar-refractivity contribution < 1.29 is 19.1 Å². The van der Waals surface area contributed by atoms with Crippen LogP contribution in [0.25, 0.3) is 0 Å². The van der Waals surface area contributed by atoms with Crippen LogP contribution in [-0.2, 0) is 19.1 Å². The Labute approximate surface area is 181 Å². The number of rotatable bonds is 6. The van der Waals surface area contributed by atoms with Crippen molar-refractivity contribution in [1.29, 1.82) is 0 Å². The third-order valence-electron chi connectivity index (χ3n) is 5.47. The fourth-order valence-corrected chi connectivity index (χ4v) is 5.75. The summed E-state index contributed by atoms with van der Waals surface area (Å²) in [6, 6.07) is 18.7. The molecule has 5 nitrogen and oxygen atoms in total. The predicted molar refractivity (Wildman–Crippen MR) is 117 cm³/mol. The van der Waals surface area contributed by atoms with Gasteiger partial charge in [-0.2, -0.15) is 0 Å². The van der Waals surface area contributed by atoms with Gasteiger partial charge in [-0.05, 0) is 38.8 Å². The maximum absolute atomic E-state index is 13.4. The Morgan fingerprint density at radius 1 is 1.00 bits per heavy atom. The summed E-state index contributed by atoms with van der Waals surface area (Å²) in [6.45, 7) is 7.80. The molecule has 2 aromatic carbocycles. The van der Waals surface area contributed by atoms with Gasteiger partial charge in [0.15, 0.2) is 12.2 Å². The highest BCUT2D eigenvalue weighted by Gasteiger charge is 2.65. The number of hydrogen-bond donors (Lipinski definition) is 0. The summed E-state index contributed by atoms with van der Waals surface area (Å²) in [5.41, 5.74) is 1.79. The molecule has 0 saturated carbocycles. The smallest absolute Gasteiger partial charge is 0.331 e. The van der Waals surface area contributed by atoms with E-state index < -0.39 is 23.0 Å². The van der Waals surface area contributed by atoms with Crippen LogP contribution in [0, 0.1) is 0 Å². The first-order chi connectivity index (χ1) is 14.3. The second kappa shape index (κ2) is 8.08. The normalized spacial score (nSPS) is 24.7. The molecule has 30 heavy (non-hydrogen) atoms. The van der Waals surface area contributed by atoms with Crippen molar-refractivity contribution in [3.8, 4) is 0 Å². The van der Waals surface area contributed by atoms with Crippen LogP contribution in [0.15, 0.2) is 60.7 Å². The number of ether oxygens (including phenoxy) is 2. The zero-order valence-corrected chi connectivity index (χ0v) is 18.5. The molecule has 0 aliphatic carbocycles. The number of nitrogens with zero attached hydrogens (tertiary/aromatic N) is 1. The van der Waals surface area contributed by atoms with E-state index >= 15 is 0 Å². The van der Waals surface area contributed by atoms with Gasteiger partial charge in [-0.1, -0.05) is 60.7 Å². The lowest BCUT2D eigenvalue weighted by atomic mass is 9.96. The van der Waals surface area contributed by atoms with Gasteiger partial charge in [-0.3, -0.25) is 4.79 Å². The Balaban J connectivity index is 1.59. The van der Waals surface area contributed by atoms with Crippen LogP contribution in [0.3, 0.4) is 0 Å². The van der Waals surface area contributed by atoms with Gasteiger partial charge >= 0.3 is 5.97 Å². The molecule has 2 fully saturated rings. The molecule has 0 aromatic heterocycles. The summed E-state index contributed by atoms with van der Waals surface area (Å²) >= 11 is 1.61. The highest BCUT2D eigenvalue weighted by molar-refractivity contribution is 8.01. The maximum Gasteiger partial charge on any atom is 0.331 e. The van der Waals surface area contributed by atoms with Crippen LogP contribution < -0.4 is 0 Å². The number of fused-ring (bicyclic) bond motifs is 1. The van der Waals surface area contributed by atoms with Crippen LogP contribution in [0.5, 0.6) is 0 Å². The van der Waals surface area contributed by atoms with Crippen molar-refractivity contribution in [1.82, 2.24) is 4.90 Å². The predicted octanol–water partition coefficient (Wildman–Crippen LogP) is 4.18. The lowest BCUT2D eigenvalue weighted by Gasteiger charge is -2.44. The summed E-state index contributed by atoms with van der Waals surface area (Å²) in [5.74, 6) is -0.520. The van der Waals surface area contributed by atoms with E-state index in [0.717, 1.165) is 11.1 Å². The average molecular weight is 426 g/mol. The van der Waals surface area contributed by atoms with Gasteiger partial charge in [0.05, 0.1) is 6.10 Å². The van der Waals surface area contributed by atoms with Crippen LogP contribution in [0.2, 0.25) is 0 Å². The van der Waals surface area contributed by atoms with Crippen LogP contribution in [-0.4, -0.2) is 45.1 Å². The molecule has 6 heteroatoms. The summed E-state index contributed by atoms with van der Waals surface area (Å²) in [6.07, 6.45) is -1.07. The topological polar surface area (TPSA) is 55.8 Å². The lowest BCUT2D eigenvalue weighted by Crippen LogP contribution is -2.66. The van der Waals surface area contributed by atoms with Gasteiger partial charge < -0.3 is 14.4 Å². The molecule has 3 atom stereocenters. The minimum absolute atomic E-state index is 0.0450. The largest absolute Gasteiger partial charge is 0.451 e. The number of β-lactam (4-membered cyclic amide) rings is 1. The van der Waals surface area contributed by atoms with E-state index in [9.17, 15) is 9.59 Å². The Hall–Kier alpha value is -2.31. The first kappa shape index (κ1) is 20.9. The van der Waals surface area contributed by atoms with Crippen molar-refractivity contribution >= 4 is 23.6 Å². The second-order valence-electron chi connectivity index (χ2n) is 8.50. The molecule has 2 aromatic rings. The Morgan fingerprint density at radius 3 is 2.03 bits per heavy atom. The number of carbonyl (C=O) groups excluding carboxylic acids is 2. The number of esters is 1. The third kappa shape index (κ3) is 3.74. The lowest BCUT2D eigenvalue weighted by molar-refractivity contribution is -0.181. The van der Waals surface area contributed by atoms with Crippen molar-refractivity contribution in [2.75, 3.05) is 0 Å². The first-order valence-corrected chi connectivity index (χ1v) is 11.1. The molecule has 1 amide bonds. The van der Waals surface area contributed by atoms with Gasteiger partial charge in [0.25, 0.3) is 5.91 Å². The van der Waals surface area contributed by atoms with Gasteiger partial charge in [0.1, 0.15) is 11.4 Å². The third-order valence-corrected chi connectivity index (χ3v) is 7.02. The molecule has 0 spiro atoms. The zero-order valence-electron chi connectivity index (χ0n) is 17.6. The Morgan fingerprint density at radius 2 is 1.53 bits per heavy atom. The molecule has 0 radical (unpaired) electrons. The highest BCUT2D eigenvalue weighted by atomic mass is 32.2. The summed E-state index contributed by atoms with van der Waals surface area (Å²) in [4.78, 5) is 27.8. The summed E-state index contributed by atoms with van der Waals surface area (Å²) in [7, 11) is 0. The second-order valence-corrected chi connectivity index (χ2v) is 10.3. The molecule has 0 N–H and O–H groups in total. The summed E-state index contributed by atoms with van der Waals surface area (Å²) < 4.78 is 11.4. The molecular formula is C24H27NO4S. The van der Waals surface area contributed by atoms with Gasteiger partial charge in [0, 0.05) is 4.75 Å². The van der Waals surface area contributed by atoms with Crippen molar-refractivity contribution in [2.24, 2.45) is 0 Å². The SMILES string of the molecule is CC(C)O[C@@H]1C(=O)N2[C@@H]1SC(C)(C)[C@@H]2C(=O)OC(c1ccccc1)c1ccccc1. The van der Waals surface area contributed by atoms with E-state index in [2.05, 4.69) is 0 Å². The highest BCUT2D eigenvalue weighted by Crippen LogP contribution is 2.52. The van der Waals surface area contributed by atoms with Crippen molar-refractivity contribution in [2.45, 2.75) is 62.2 Å². The molecule has 158 valence electrons. The first-order valence-electron chi connectivity index (χ1n) is 10.3. The molecule has 2 heterocycles. The van der Waals surface area contributed by atoms with E-state index in [1.807, 2.05) is 88.4 Å². The molecule has 2 saturated heterocycles. The molecule has 2 aliphatic heterocycles. The minimum Gasteiger partial charge on any atom is -0.451 e. The fourth-order valence-electron chi connectivity index (χ4n) is 4.14. The number of hydrogen-bond acceptors (Lipinski definition) is 5.